The van der Waals surface area contributed by atoms with E-state index < -0.39 is 5.97 Å². The van der Waals surface area contributed by atoms with Crippen molar-refractivity contribution in [3.8, 4) is 5.75 Å². The molecule has 0 aliphatic carbocycles. The SMILES string of the molecule is CCCCc1ccccc1NC(=O)c1ccccc1OC(C)=O. The van der Waals surface area contributed by atoms with Gasteiger partial charge in [-0.2, -0.15) is 0 Å². The molecule has 23 heavy (non-hydrogen) atoms. The van der Waals surface area contributed by atoms with E-state index in [1.807, 2.05) is 24.3 Å². The molecule has 2 rings (SSSR count). The molecule has 0 saturated heterocycles. The summed E-state index contributed by atoms with van der Waals surface area (Å²) in [4.78, 5) is 23.7. The largest absolute Gasteiger partial charge is 0.426 e. The lowest BCUT2D eigenvalue weighted by atomic mass is 10.1. The molecule has 0 aromatic heterocycles. The maximum atomic E-state index is 12.5. The third-order valence-corrected chi connectivity index (χ3v) is 3.45. The highest BCUT2D eigenvalue weighted by Gasteiger charge is 2.14. The normalized spacial score (nSPS) is 10.2. The van der Waals surface area contributed by atoms with Crippen LogP contribution in [0.3, 0.4) is 0 Å². The van der Waals surface area contributed by atoms with Crippen LogP contribution in [-0.4, -0.2) is 11.9 Å². The summed E-state index contributed by atoms with van der Waals surface area (Å²) in [6.45, 7) is 3.45. The van der Waals surface area contributed by atoms with Gasteiger partial charge >= 0.3 is 5.97 Å². The fourth-order valence-corrected chi connectivity index (χ4v) is 2.32. The fourth-order valence-electron chi connectivity index (χ4n) is 2.32. The molecule has 0 unspecified atom stereocenters. The highest BCUT2D eigenvalue weighted by Crippen LogP contribution is 2.22. The van der Waals surface area contributed by atoms with Crippen LogP contribution in [0.15, 0.2) is 48.5 Å². The van der Waals surface area contributed by atoms with E-state index in [1.54, 1.807) is 24.3 Å². The summed E-state index contributed by atoms with van der Waals surface area (Å²) in [5.41, 5.74) is 2.24. The Kier molecular flexibility index (Phi) is 5.92. The second-order valence-corrected chi connectivity index (χ2v) is 5.30. The topological polar surface area (TPSA) is 55.4 Å². The minimum atomic E-state index is -0.450. The van der Waals surface area contributed by atoms with E-state index in [0.717, 1.165) is 30.5 Å². The van der Waals surface area contributed by atoms with E-state index in [0.29, 0.717) is 5.56 Å². The number of benzene rings is 2. The first kappa shape index (κ1) is 16.7. The molecule has 0 spiro atoms. The smallest absolute Gasteiger partial charge is 0.308 e. The number of carbonyl (C=O) groups is 2. The van der Waals surface area contributed by atoms with Gasteiger partial charge in [0.25, 0.3) is 5.91 Å². The fraction of sp³-hybridized carbons (Fsp3) is 0.263. The van der Waals surface area contributed by atoms with Crippen LogP contribution in [-0.2, 0) is 11.2 Å². The van der Waals surface area contributed by atoms with Gasteiger partial charge < -0.3 is 10.1 Å². The molecule has 0 fully saturated rings. The summed E-state index contributed by atoms with van der Waals surface area (Å²) in [5.74, 6) is -0.470. The number of ether oxygens (including phenoxy) is 1. The number of amides is 1. The molecule has 1 amide bonds. The zero-order valence-corrected chi connectivity index (χ0v) is 13.5. The van der Waals surface area contributed by atoms with Crippen LogP contribution in [0.1, 0.15) is 42.6 Å². The number of para-hydroxylation sites is 2. The average molecular weight is 311 g/mol. The summed E-state index contributed by atoms with van der Waals surface area (Å²) in [5, 5.41) is 2.92. The maximum Gasteiger partial charge on any atom is 0.308 e. The second kappa shape index (κ2) is 8.13. The van der Waals surface area contributed by atoms with Crippen LogP contribution in [0.4, 0.5) is 5.69 Å². The van der Waals surface area contributed by atoms with Gasteiger partial charge in [-0.15, -0.1) is 0 Å². The predicted molar refractivity (Wildman–Crippen MR) is 90.8 cm³/mol. The van der Waals surface area contributed by atoms with Crippen molar-refractivity contribution in [2.75, 3.05) is 5.32 Å². The Bertz CT molecular complexity index is 695. The second-order valence-electron chi connectivity index (χ2n) is 5.30. The maximum absolute atomic E-state index is 12.5. The van der Waals surface area contributed by atoms with Crippen LogP contribution >= 0.6 is 0 Å². The monoisotopic (exact) mass is 311 g/mol. The van der Waals surface area contributed by atoms with Gasteiger partial charge in [0.1, 0.15) is 5.75 Å². The van der Waals surface area contributed by atoms with E-state index in [9.17, 15) is 9.59 Å². The van der Waals surface area contributed by atoms with Crippen LogP contribution in [0.25, 0.3) is 0 Å². The van der Waals surface area contributed by atoms with E-state index >= 15 is 0 Å². The molecular weight excluding hydrogens is 290 g/mol. The van der Waals surface area contributed by atoms with Crippen LogP contribution < -0.4 is 10.1 Å². The molecule has 0 aliphatic heterocycles. The van der Waals surface area contributed by atoms with E-state index in [4.69, 9.17) is 4.74 Å². The standard InChI is InChI=1S/C19H21NO3/c1-3-4-9-15-10-5-7-12-17(15)20-19(22)16-11-6-8-13-18(16)23-14(2)21/h5-8,10-13H,3-4,9H2,1-2H3,(H,20,22). The highest BCUT2D eigenvalue weighted by atomic mass is 16.5. The van der Waals surface area contributed by atoms with E-state index in [1.165, 1.54) is 6.92 Å². The van der Waals surface area contributed by atoms with Crippen molar-refractivity contribution in [1.29, 1.82) is 0 Å². The summed E-state index contributed by atoms with van der Waals surface area (Å²) < 4.78 is 5.10. The summed E-state index contributed by atoms with van der Waals surface area (Å²) >= 11 is 0. The quantitative estimate of drug-likeness (QED) is 0.642. The van der Waals surface area contributed by atoms with Crippen molar-refractivity contribution in [2.24, 2.45) is 0 Å². The van der Waals surface area contributed by atoms with Gasteiger partial charge in [0, 0.05) is 12.6 Å². The van der Waals surface area contributed by atoms with Gasteiger partial charge in [-0.3, -0.25) is 9.59 Å². The molecule has 0 bridgehead atoms. The number of esters is 1. The lowest BCUT2D eigenvalue weighted by Crippen LogP contribution is -2.15. The molecule has 0 saturated carbocycles. The van der Waals surface area contributed by atoms with Crippen molar-refractivity contribution >= 4 is 17.6 Å². The third-order valence-electron chi connectivity index (χ3n) is 3.45. The Morgan fingerprint density at radius 3 is 2.48 bits per heavy atom. The number of anilines is 1. The van der Waals surface area contributed by atoms with Gasteiger partial charge in [0.15, 0.2) is 0 Å². The predicted octanol–water partition coefficient (Wildman–Crippen LogP) is 4.21. The molecule has 0 heterocycles. The third kappa shape index (κ3) is 4.68. The summed E-state index contributed by atoms with van der Waals surface area (Å²) in [7, 11) is 0. The molecule has 2 aromatic carbocycles. The highest BCUT2D eigenvalue weighted by molar-refractivity contribution is 6.06. The Morgan fingerprint density at radius 1 is 1.04 bits per heavy atom. The number of aryl methyl sites for hydroxylation is 1. The Morgan fingerprint density at radius 2 is 1.74 bits per heavy atom. The van der Waals surface area contributed by atoms with Gasteiger partial charge in [-0.05, 0) is 36.6 Å². The molecule has 120 valence electrons. The Labute approximate surface area is 136 Å². The van der Waals surface area contributed by atoms with E-state index in [2.05, 4.69) is 12.2 Å². The minimum Gasteiger partial charge on any atom is -0.426 e. The van der Waals surface area contributed by atoms with Crippen LogP contribution in [0, 0.1) is 0 Å². The lowest BCUT2D eigenvalue weighted by Gasteiger charge is -2.12. The van der Waals surface area contributed by atoms with Gasteiger partial charge in [0.2, 0.25) is 0 Å². The molecule has 0 aliphatic rings. The Hall–Kier alpha value is -2.62. The van der Waals surface area contributed by atoms with Crippen molar-refractivity contribution in [2.45, 2.75) is 33.1 Å². The molecule has 0 radical (unpaired) electrons. The lowest BCUT2D eigenvalue weighted by molar-refractivity contribution is -0.131. The molecule has 2 aromatic rings. The summed E-state index contributed by atoms with van der Waals surface area (Å²) in [6, 6.07) is 14.5. The van der Waals surface area contributed by atoms with Crippen LogP contribution in [0.2, 0.25) is 0 Å². The van der Waals surface area contributed by atoms with E-state index in [-0.39, 0.29) is 11.7 Å². The number of unbranched alkanes of at least 4 members (excludes halogenated alkanes) is 1. The van der Waals surface area contributed by atoms with Gasteiger partial charge in [0.05, 0.1) is 5.56 Å². The van der Waals surface area contributed by atoms with Crippen molar-refractivity contribution < 1.29 is 14.3 Å². The number of nitrogens with one attached hydrogen (secondary N) is 1. The number of rotatable bonds is 6. The van der Waals surface area contributed by atoms with Crippen LogP contribution in [0.5, 0.6) is 5.75 Å². The first-order valence-corrected chi connectivity index (χ1v) is 7.78. The first-order chi connectivity index (χ1) is 11.1. The number of carbonyl (C=O) groups excluding carboxylic acids is 2. The zero-order valence-electron chi connectivity index (χ0n) is 13.5. The number of hydrogen-bond acceptors (Lipinski definition) is 3. The van der Waals surface area contributed by atoms with Crippen molar-refractivity contribution in [1.82, 2.24) is 0 Å². The van der Waals surface area contributed by atoms with Gasteiger partial charge in [-0.25, -0.2) is 0 Å². The Balaban J connectivity index is 2.21. The first-order valence-electron chi connectivity index (χ1n) is 7.78. The number of hydrogen-bond donors (Lipinski definition) is 1. The summed E-state index contributed by atoms with van der Waals surface area (Å²) in [6.07, 6.45) is 3.08. The molecule has 4 nitrogen and oxygen atoms in total. The van der Waals surface area contributed by atoms with Crippen molar-refractivity contribution in [3.63, 3.8) is 0 Å². The minimum absolute atomic E-state index is 0.267. The molecule has 1 N–H and O–H groups in total. The average Bonchev–Trinajstić information content (AvgIpc) is 2.54. The van der Waals surface area contributed by atoms with Crippen molar-refractivity contribution in [3.05, 3.63) is 59.7 Å². The molecule has 0 atom stereocenters. The van der Waals surface area contributed by atoms with Gasteiger partial charge in [-0.1, -0.05) is 43.7 Å². The molecule has 4 heteroatoms. The zero-order chi connectivity index (χ0) is 16.7. The molecular formula is C19H21NO3.